The van der Waals surface area contributed by atoms with E-state index in [1.165, 1.54) is 12.1 Å². The lowest BCUT2D eigenvalue weighted by atomic mass is 10.1. The molecule has 0 spiro atoms. The molecule has 1 fully saturated rings. The Labute approximate surface area is 218 Å². The molecule has 1 amide bonds. The predicted molar refractivity (Wildman–Crippen MR) is 135 cm³/mol. The van der Waals surface area contributed by atoms with Gasteiger partial charge in [0.15, 0.2) is 0 Å². The molecule has 0 bridgehead atoms. The zero-order valence-corrected chi connectivity index (χ0v) is 21.1. The molecule has 37 heavy (non-hydrogen) atoms. The number of benzene rings is 2. The highest BCUT2D eigenvalue weighted by Gasteiger charge is 2.42. The molecule has 0 unspecified atom stereocenters. The first kappa shape index (κ1) is 25.6. The van der Waals surface area contributed by atoms with E-state index in [-0.39, 0.29) is 29.9 Å². The average Bonchev–Trinajstić information content (AvgIpc) is 3.61. The molecular weight excluding hydrogens is 502 g/mol. The van der Waals surface area contributed by atoms with Gasteiger partial charge in [-0.15, -0.1) is 0 Å². The van der Waals surface area contributed by atoms with Crippen LogP contribution in [0.3, 0.4) is 0 Å². The molecule has 0 saturated heterocycles. The van der Waals surface area contributed by atoms with Crippen LogP contribution < -0.4 is 10.9 Å². The molecule has 1 aliphatic carbocycles. The van der Waals surface area contributed by atoms with E-state index in [0.29, 0.717) is 68.3 Å². The molecule has 2 aromatic carbocycles. The van der Waals surface area contributed by atoms with Crippen LogP contribution in [0.1, 0.15) is 28.8 Å². The smallest absolute Gasteiger partial charge is 0.271 e. The number of hydrogen-bond acceptors (Lipinski definition) is 4. The highest BCUT2D eigenvalue weighted by molar-refractivity contribution is 6.30. The summed E-state index contributed by atoms with van der Waals surface area (Å²) in [5.41, 5.74) is 2.89. The van der Waals surface area contributed by atoms with Crippen molar-refractivity contribution in [3.8, 4) is 0 Å². The minimum absolute atomic E-state index is 0.0165. The van der Waals surface area contributed by atoms with Crippen LogP contribution in [0.15, 0.2) is 47.3 Å². The number of aromatic nitrogens is 2. The van der Waals surface area contributed by atoms with E-state index in [4.69, 9.17) is 11.6 Å². The van der Waals surface area contributed by atoms with E-state index in [2.05, 4.69) is 5.32 Å². The second-order valence-electron chi connectivity index (χ2n) is 9.85. The van der Waals surface area contributed by atoms with E-state index >= 15 is 0 Å². The van der Waals surface area contributed by atoms with Gasteiger partial charge < -0.3 is 10.4 Å². The summed E-state index contributed by atoms with van der Waals surface area (Å²) in [6.45, 7) is 2.48. The van der Waals surface area contributed by atoms with Crippen LogP contribution in [0, 0.1) is 23.5 Å². The maximum absolute atomic E-state index is 13.7. The number of halogens is 3. The van der Waals surface area contributed by atoms with E-state index in [1.807, 2.05) is 21.7 Å². The van der Waals surface area contributed by atoms with E-state index in [9.17, 15) is 23.5 Å². The van der Waals surface area contributed by atoms with E-state index < -0.39 is 11.6 Å². The van der Waals surface area contributed by atoms with Crippen LogP contribution in [0.4, 0.5) is 8.78 Å². The van der Waals surface area contributed by atoms with Crippen molar-refractivity contribution in [2.45, 2.75) is 39.0 Å². The maximum Gasteiger partial charge on any atom is 0.271 e. The first-order valence-electron chi connectivity index (χ1n) is 12.4. The first-order chi connectivity index (χ1) is 17.8. The van der Waals surface area contributed by atoms with Gasteiger partial charge in [0.05, 0.1) is 18.7 Å². The monoisotopic (exact) mass is 530 g/mol. The third-order valence-corrected chi connectivity index (χ3v) is 7.43. The van der Waals surface area contributed by atoms with Crippen LogP contribution in [0.5, 0.6) is 0 Å². The molecule has 2 atom stereocenters. The highest BCUT2D eigenvalue weighted by Crippen LogP contribution is 2.37. The lowest BCUT2D eigenvalue weighted by Crippen LogP contribution is -2.33. The lowest BCUT2D eigenvalue weighted by Gasteiger charge is -2.27. The third kappa shape index (κ3) is 5.79. The van der Waals surface area contributed by atoms with E-state index in [0.717, 1.165) is 17.3 Å². The standard InChI is InChI=1S/C27H29ClF2N4O3/c28-20-3-1-17(2-4-20)14-34-27(37)24-15-32(13-18-9-21(29)12-22(30)10-18)7-5-25(24)33(34)8-6-31-26(36)23-11-19(23)16-35/h1-4,9-10,12,19,23,35H,5-8,11,13-16H2,(H,31,36)/t19-,23-/m0/s1. The van der Waals surface area contributed by atoms with Crippen molar-refractivity contribution in [3.05, 3.63) is 91.9 Å². The van der Waals surface area contributed by atoms with Crippen molar-refractivity contribution in [3.63, 3.8) is 0 Å². The second-order valence-corrected chi connectivity index (χ2v) is 10.3. The molecule has 196 valence electrons. The van der Waals surface area contributed by atoms with Crippen LogP contribution in [0.2, 0.25) is 5.02 Å². The number of fused-ring (bicyclic) bond motifs is 1. The summed E-state index contributed by atoms with van der Waals surface area (Å²) in [7, 11) is 0. The normalized spacial score (nSPS) is 19.0. The second kappa shape index (κ2) is 10.8. The van der Waals surface area contributed by atoms with Crippen molar-refractivity contribution in [1.82, 2.24) is 19.6 Å². The van der Waals surface area contributed by atoms with Crippen LogP contribution in [-0.4, -0.2) is 45.0 Å². The third-order valence-electron chi connectivity index (χ3n) is 7.18. The molecule has 1 aliphatic heterocycles. The Morgan fingerprint density at radius 3 is 2.46 bits per heavy atom. The van der Waals surface area contributed by atoms with Crippen molar-refractivity contribution >= 4 is 17.5 Å². The summed E-state index contributed by atoms with van der Waals surface area (Å²) < 4.78 is 31.0. The highest BCUT2D eigenvalue weighted by atomic mass is 35.5. The minimum atomic E-state index is -0.622. The Hall–Kier alpha value is -3.01. The lowest BCUT2D eigenvalue weighted by molar-refractivity contribution is -0.122. The van der Waals surface area contributed by atoms with Crippen LogP contribution in [0.25, 0.3) is 0 Å². The maximum atomic E-state index is 13.7. The summed E-state index contributed by atoms with van der Waals surface area (Å²) in [4.78, 5) is 27.9. The zero-order valence-electron chi connectivity index (χ0n) is 20.3. The fourth-order valence-electron chi connectivity index (χ4n) is 5.15. The van der Waals surface area contributed by atoms with Gasteiger partial charge in [-0.25, -0.2) is 13.5 Å². The molecule has 2 heterocycles. The Morgan fingerprint density at radius 2 is 1.78 bits per heavy atom. The molecule has 5 rings (SSSR count). The predicted octanol–water partition coefficient (Wildman–Crippen LogP) is 2.93. The SMILES string of the molecule is O=C(NCCn1c2c(c(=O)n1Cc1ccc(Cl)cc1)CN(Cc1cc(F)cc(F)c1)CC2)[C@H]1C[C@H]1CO. The van der Waals surface area contributed by atoms with Crippen molar-refractivity contribution < 1.29 is 18.7 Å². The number of rotatable bonds is 9. The number of aliphatic hydroxyl groups excluding tert-OH is 1. The number of nitrogens with one attached hydrogen (secondary N) is 1. The van der Waals surface area contributed by atoms with Gasteiger partial charge in [-0.3, -0.25) is 19.2 Å². The van der Waals surface area contributed by atoms with Crippen molar-refractivity contribution in [2.24, 2.45) is 11.8 Å². The fraction of sp³-hybridized carbons (Fsp3) is 0.407. The van der Waals surface area contributed by atoms with Gasteiger partial charge in [0.2, 0.25) is 5.91 Å². The topological polar surface area (TPSA) is 79.5 Å². The van der Waals surface area contributed by atoms with Crippen LogP contribution >= 0.6 is 11.6 Å². The molecule has 1 saturated carbocycles. The Kier molecular flexibility index (Phi) is 7.46. The summed E-state index contributed by atoms with van der Waals surface area (Å²) in [5, 5.41) is 12.8. The fourth-order valence-corrected chi connectivity index (χ4v) is 5.28. The molecular formula is C27H29ClF2N4O3. The molecule has 2 aliphatic rings. The van der Waals surface area contributed by atoms with Gasteiger partial charge in [0, 0.05) is 61.9 Å². The number of hydrogen-bond donors (Lipinski definition) is 2. The Bertz CT molecular complexity index is 1330. The molecule has 1 aromatic heterocycles. The average molecular weight is 531 g/mol. The molecule has 0 radical (unpaired) electrons. The first-order valence-corrected chi connectivity index (χ1v) is 12.8. The van der Waals surface area contributed by atoms with Gasteiger partial charge in [-0.1, -0.05) is 23.7 Å². The van der Waals surface area contributed by atoms with Crippen LogP contribution in [-0.2, 0) is 37.4 Å². The number of carbonyl (C=O) groups is 1. The van der Waals surface area contributed by atoms with Gasteiger partial charge >= 0.3 is 0 Å². The summed E-state index contributed by atoms with van der Waals surface area (Å²) >= 11 is 6.03. The van der Waals surface area contributed by atoms with Crippen molar-refractivity contribution in [2.75, 3.05) is 19.7 Å². The number of nitrogens with zero attached hydrogens (tertiary/aromatic N) is 3. The summed E-state index contributed by atoms with van der Waals surface area (Å²) in [5.74, 6) is -1.41. The molecule has 10 heteroatoms. The molecule has 2 N–H and O–H groups in total. The molecule has 7 nitrogen and oxygen atoms in total. The minimum Gasteiger partial charge on any atom is -0.396 e. The Balaban J connectivity index is 1.36. The number of aliphatic hydroxyl groups is 1. The van der Waals surface area contributed by atoms with Gasteiger partial charge in [-0.05, 0) is 47.7 Å². The zero-order chi connectivity index (χ0) is 26.1. The number of amides is 1. The van der Waals surface area contributed by atoms with Crippen molar-refractivity contribution in [1.29, 1.82) is 0 Å². The van der Waals surface area contributed by atoms with E-state index in [1.54, 1.807) is 16.8 Å². The molecule has 3 aromatic rings. The largest absolute Gasteiger partial charge is 0.396 e. The van der Waals surface area contributed by atoms with Gasteiger partial charge in [-0.2, -0.15) is 0 Å². The number of carbonyl (C=O) groups excluding carboxylic acids is 1. The summed E-state index contributed by atoms with van der Waals surface area (Å²) in [6, 6.07) is 10.8. The summed E-state index contributed by atoms with van der Waals surface area (Å²) in [6.07, 6.45) is 1.30. The Morgan fingerprint density at radius 1 is 1.05 bits per heavy atom. The van der Waals surface area contributed by atoms with Gasteiger partial charge in [0.25, 0.3) is 5.56 Å². The van der Waals surface area contributed by atoms with Gasteiger partial charge in [0.1, 0.15) is 11.6 Å². The quantitative estimate of drug-likeness (QED) is 0.446.